The van der Waals surface area contributed by atoms with Crippen molar-refractivity contribution in [2.24, 2.45) is 5.41 Å². The van der Waals surface area contributed by atoms with E-state index >= 15 is 0 Å². The van der Waals surface area contributed by atoms with Crippen LogP contribution >= 0.6 is 0 Å². The van der Waals surface area contributed by atoms with E-state index < -0.39 is 6.10 Å². The fourth-order valence-corrected chi connectivity index (χ4v) is 4.32. The van der Waals surface area contributed by atoms with Crippen molar-refractivity contribution in [3.05, 3.63) is 64.2 Å². The van der Waals surface area contributed by atoms with Gasteiger partial charge in [-0.15, -0.1) is 0 Å². The van der Waals surface area contributed by atoms with Crippen LogP contribution in [0.2, 0.25) is 0 Å². The van der Waals surface area contributed by atoms with E-state index in [2.05, 4.69) is 71.9 Å². The van der Waals surface area contributed by atoms with Gasteiger partial charge in [0, 0.05) is 5.41 Å². The van der Waals surface area contributed by atoms with Crippen molar-refractivity contribution in [1.82, 2.24) is 0 Å². The first-order chi connectivity index (χ1) is 15.0. The van der Waals surface area contributed by atoms with Gasteiger partial charge in [0.25, 0.3) is 0 Å². The van der Waals surface area contributed by atoms with Crippen LogP contribution in [0.5, 0.6) is 5.75 Å². The standard InChI is InChI=1S/C28H42O4/c1-8-28(9-2,23-12-13-25(20(4)15-23)32-18-24(30)17-29)22-11-10-21(19(3)14-22)16-26(31)27(5,6)7/h10-15,24,26,29-31H,8-9,16-18H2,1-7H3. The lowest BCUT2D eigenvalue weighted by atomic mass is 9.69. The Kier molecular flexibility index (Phi) is 8.92. The number of aliphatic hydroxyl groups is 3. The highest BCUT2D eigenvalue weighted by molar-refractivity contribution is 5.47. The first kappa shape index (κ1) is 26.4. The Morgan fingerprint density at radius 2 is 1.44 bits per heavy atom. The van der Waals surface area contributed by atoms with Gasteiger partial charge in [-0.1, -0.05) is 65.0 Å². The maximum atomic E-state index is 10.6. The molecule has 0 radical (unpaired) electrons. The van der Waals surface area contributed by atoms with E-state index in [0.717, 1.165) is 24.2 Å². The van der Waals surface area contributed by atoms with Gasteiger partial charge in [-0.3, -0.25) is 0 Å². The number of ether oxygens (including phenoxy) is 1. The molecule has 4 heteroatoms. The fraction of sp³-hybridized carbons (Fsp3) is 0.571. The van der Waals surface area contributed by atoms with Crippen molar-refractivity contribution in [1.29, 1.82) is 0 Å². The molecule has 0 saturated heterocycles. The SMILES string of the molecule is CCC(CC)(c1ccc(CC(O)C(C)(C)C)c(C)c1)c1ccc(OCC(O)CO)c(C)c1. The highest BCUT2D eigenvalue weighted by Gasteiger charge is 2.32. The summed E-state index contributed by atoms with van der Waals surface area (Å²) in [6.07, 6.45) is 1.34. The molecular formula is C28H42O4. The minimum Gasteiger partial charge on any atom is -0.491 e. The molecule has 0 aromatic heterocycles. The van der Waals surface area contributed by atoms with Gasteiger partial charge in [-0.2, -0.15) is 0 Å². The second kappa shape index (κ2) is 10.8. The molecule has 0 bridgehead atoms. The van der Waals surface area contributed by atoms with E-state index in [4.69, 9.17) is 9.84 Å². The van der Waals surface area contributed by atoms with Crippen LogP contribution in [0.25, 0.3) is 0 Å². The van der Waals surface area contributed by atoms with Crippen molar-refractivity contribution in [2.75, 3.05) is 13.2 Å². The molecule has 0 aliphatic heterocycles. The normalized spacial score (nSPS) is 14.3. The molecule has 0 saturated carbocycles. The summed E-state index contributed by atoms with van der Waals surface area (Å²) in [5.74, 6) is 0.727. The number of hydrogen-bond donors (Lipinski definition) is 3. The van der Waals surface area contributed by atoms with Gasteiger partial charge in [-0.25, -0.2) is 0 Å². The predicted molar refractivity (Wildman–Crippen MR) is 131 cm³/mol. The van der Waals surface area contributed by atoms with Crippen LogP contribution in [0.1, 0.15) is 75.3 Å². The van der Waals surface area contributed by atoms with Gasteiger partial charge >= 0.3 is 0 Å². The zero-order chi connectivity index (χ0) is 24.1. The van der Waals surface area contributed by atoms with E-state index in [1.54, 1.807) is 0 Å². The fourth-order valence-electron chi connectivity index (χ4n) is 4.32. The lowest BCUT2D eigenvalue weighted by Gasteiger charge is -2.34. The summed E-state index contributed by atoms with van der Waals surface area (Å²) in [5, 5.41) is 29.2. The molecule has 0 spiro atoms. The molecule has 0 heterocycles. The van der Waals surface area contributed by atoms with Gasteiger partial charge in [0.05, 0.1) is 12.7 Å². The second-order valence-electron chi connectivity index (χ2n) is 10.1. The van der Waals surface area contributed by atoms with Gasteiger partial charge in [0.1, 0.15) is 18.5 Å². The molecule has 2 atom stereocenters. The maximum absolute atomic E-state index is 10.6. The highest BCUT2D eigenvalue weighted by atomic mass is 16.5. The third-order valence-electron chi connectivity index (χ3n) is 6.88. The topological polar surface area (TPSA) is 69.9 Å². The number of aliphatic hydroxyl groups excluding tert-OH is 3. The molecular weight excluding hydrogens is 400 g/mol. The van der Waals surface area contributed by atoms with Crippen LogP contribution in [0.4, 0.5) is 0 Å². The summed E-state index contributed by atoms with van der Waals surface area (Å²) >= 11 is 0. The highest BCUT2D eigenvalue weighted by Crippen LogP contribution is 2.41. The molecule has 0 aliphatic rings. The summed E-state index contributed by atoms with van der Waals surface area (Å²) in [5.41, 5.74) is 5.71. The Labute approximate surface area is 194 Å². The molecule has 2 aromatic rings. The third kappa shape index (κ3) is 5.92. The summed E-state index contributed by atoms with van der Waals surface area (Å²) < 4.78 is 5.70. The zero-order valence-corrected chi connectivity index (χ0v) is 20.9. The number of hydrogen-bond acceptors (Lipinski definition) is 4. The van der Waals surface area contributed by atoms with Crippen LogP contribution in [0.3, 0.4) is 0 Å². The number of rotatable bonds is 10. The van der Waals surface area contributed by atoms with E-state index in [9.17, 15) is 10.2 Å². The summed E-state index contributed by atoms with van der Waals surface area (Å²) in [6, 6.07) is 13.0. The third-order valence-corrected chi connectivity index (χ3v) is 6.88. The van der Waals surface area contributed by atoms with E-state index in [1.807, 2.05) is 13.0 Å². The van der Waals surface area contributed by atoms with Gasteiger partial charge < -0.3 is 20.1 Å². The van der Waals surface area contributed by atoms with Gasteiger partial charge in [0.2, 0.25) is 0 Å². The van der Waals surface area contributed by atoms with E-state index in [1.165, 1.54) is 22.3 Å². The smallest absolute Gasteiger partial charge is 0.122 e. The van der Waals surface area contributed by atoms with Crippen LogP contribution in [0, 0.1) is 19.3 Å². The van der Waals surface area contributed by atoms with Crippen LogP contribution in [-0.2, 0) is 11.8 Å². The molecule has 3 N–H and O–H groups in total. The molecule has 2 unspecified atom stereocenters. The van der Waals surface area contributed by atoms with E-state index in [-0.39, 0.29) is 30.1 Å². The summed E-state index contributed by atoms with van der Waals surface area (Å²) in [7, 11) is 0. The quantitative estimate of drug-likeness (QED) is 0.479. The first-order valence-corrected chi connectivity index (χ1v) is 11.8. The van der Waals surface area contributed by atoms with Crippen LogP contribution < -0.4 is 4.74 Å². The molecule has 32 heavy (non-hydrogen) atoms. The molecule has 0 fully saturated rings. The lowest BCUT2D eigenvalue weighted by Crippen LogP contribution is -2.29. The van der Waals surface area contributed by atoms with Crippen molar-refractivity contribution in [3.8, 4) is 5.75 Å². The Morgan fingerprint density at radius 1 is 0.875 bits per heavy atom. The lowest BCUT2D eigenvalue weighted by molar-refractivity contribution is 0.0534. The Hall–Kier alpha value is -1.88. The average Bonchev–Trinajstić information content (AvgIpc) is 2.75. The average molecular weight is 443 g/mol. The summed E-state index contributed by atoms with van der Waals surface area (Å²) in [6.45, 7) is 14.6. The van der Waals surface area contributed by atoms with Crippen molar-refractivity contribution >= 4 is 0 Å². The molecule has 2 aromatic carbocycles. The predicted octanol–water partition coefficient (Wildman–Crippen LogP) is 5.09. The first-order valence-electron chi connectivity index (χ1n) is 11.8. The molecule has 4 nitrogen and oxygen atoms in total. The Balaban J connectivity index is 2.38. The van der Waals surface area contributed by atoms with E-state index in [0.29, 0.717) is 6.42 Å². The van der Waals surface area contributed by atoms with Crippen molar-refractivity contribution in [2.45, 2.75) is 85.4 Å². The molecule has 0 amide bonds. The second-order valence-corrected chi connectivity index (χ2v) is 10.1. The molecule has 178 valence electrons. The Morgan fingerprint density at radius 3 is 1.91 bits per heavy atom. The van der Waals surface area contributed by atoms with Crippen molar-refractivity contribution in [3.63, 3.8) is 0 Å². The number of benzene rings is 2. The minimum absolute atomic E-state index is 0.0739. The van der Waals surface area contributed by atoms with Crippen molar-refractivity contribution < 1.29 is 20.1 Å². The number of aryl methyl sites for hydroxylation is 2. The Bertz CT molecular complexity index is 877. The van der Waals surface area contributed by atoms with Crippen LogP contribution in [-0.4, -0.2) is 40.7 Å². The zero-order valence-electron chi connectivity index (χ0n) is 20.9. The molecule has 0 aliphatic carbocycles. The maximum Gasteiger partial charge on any atom is 0.122 e. The minimum atomic E-state index is -0.877. The largest absolute Gasteiger partial charge is 0.491 e. The van der Waals surface area contributed by atoms with Crippen LogP contribution in [0.15, 0.2) is 36.4 Å². The molecule has 2 rings (SSSR count). The monoisotopic (exact) mass is 442 g/mol. The summed E-state index contributed by atoms with van der Waals surface area (Å²) in [4.78, 5) is 0. The van der Waals surface area contributed by atoms with Gasteiger partial charge in [0.15, 0.2) is 0 Å². The van der Waals surface area contributed by atoms with Gasteiger partial charge in [-0.05, 0) is 72.4 Å².